The molecule has 0 radical (unpaired) electrons. The Hall–Kier alpha value is -0.340. The lowest BCUT2D eigenvalue weighted by molar-refractivity contribution is 0.182. The fraction of sp³-hybridized carbons (Fsp3) is 0.889. The maximum atomic E-state index is 3.86. The summed E-state index contributed by atoms with van der Waals surface area (Å²) in [5.74, 6) is 3.42. The highest BCUT2D eigenvalue weighted by atomic mass is 15.1. The van der Waals surface area contributed by atoms with Gasteiger partial charge in [-0.05, 0) is 57.5 Å². The number of likely N-dealkylation sites (N-methyl/N-ethyl adjacent to an activating group) is 1. The Balaban J connectivity index is 1.84. The minimum absolute atomic E-state index is 0.659. The van der Waals surface area contributed by atoms with Crippen LogP contribution >= 0.6 is 0 Å². The van der Waals surface area contributed by atoms with Crippen LogP contribution in [-0.4, -0.2) is 37.6 Å². The van der Waals surface area contributed by atoms with Gasteiger partial charge in [-0.25, -0.2) is 0 Å². The van der Waals surface area contributed by atoms with E-state index in [4.69, 9.17) is 0 Å². The molecule has 0 aliphatic heterocycles. The Bertz CT molecular complexity index is 319. The Labute approximate surface area is 126 Å². The highest BCUT2D eigenvalue weighted by molar-refractivity contribution is 5.11. The van der Waals surface area contributed by atoms with E-state index in [0.717, 1.165) is 30.2 Å². The van der Waals surface area contributed by atoms with E-state index in [1.165, 1.54) is 25.7 Å². The van der Waals surface area contributed by atoms with Gasteiger partial charge in [0.05, 0.1) is 0 Å². The second-order valence-corrected chi connectivity index (χ2v) is 7.25. The average Bonchev–Trinajstić information content (AvgIpc) is 3.05. The summed E-state index contributed by atoms with van der Waals surface area (Å²) in [6.07, 6.45) is 10.3. The van der Waals surface area contributed by atoms with Crippen molar-refractivity contribution in [3.05, 3.63) is 12.2 Å². The summed E-state index contributed by atoms with van der Waals surface area (Å²) in [4.78, 5) is 2.41. The molecule has 0 aromatic heterocycles. The van der Waals surface area contributed by atoms with Crippen LogP contribution in [0.5, 0.6) is 0 Å². The van der Waals surface area contributed by atoms with Gasteiger partial charge in [0.2, 0.25) is 0 Å². The van der Waals surface area contributed by atoms with Gasteiger partial charge in [0.15, 0.2) is 0 Å². The van der Waals surface area contributed by atoms with E-state index in [1.54, 1.807) is 0 Å². The van der Waals surface area contributed by atoms with E-state index in [-0.39, 0.29) is 0 Å². The number of fused-ring (bicyclic) bond motifs is 2. The summed E-state index contributed by atoms with van der Waals surface area (Å²) in [5, 5.41) is 3.86. The summed E-state index contributed by atoms with van der Waals surface area (Å²) >= 11 is 0. The molecule has 2 aliphatic rings. The van der Waals surface area contributed by atoms with Crippen LogP contribution in [0.15, 0.2) is 12.2 Å². The van der Waals surface area contributed by atoms with Crippen molar-refractivity contribution in [1.82, 2.24) is 10.2 Å². The molecule has 0 amide bonds. The Kier molecular flexibility index (Phi) is 5.68. The predicted octanol–water partition coefficient (Wildman–Crippen LogP) is 3.54. The molecular weight excluding hydrogens is 244 g/mol. The average molecular weight is 278 g/mol. The molecule has 5 atom stereocenters. The second-order valence-electron chi connectivity index (χ2n) is 7.25. The Morgan fingerprint density at radius 1 is 1.15 bits per heavy atom. The number of hydrogen-bond acceptors (Lipinski definition) is 2. The van der Waals surface area contributed by atoms with E-state index in [2.05, 4.69) is 57.2 Å². The first-order chi connectivity index (χ1) is 9.56. The molecule has 1 saturated carbocycles. The molecule has 2 aliphatic carbocycles. The summed E-state index contributed by atoms with van der Waals surface area (Å²) in [6.45, 7) is 8.20. The minimum atomic E-state index is 0.659. The zero-order valence-corrected chi connectivity index (χ0v) is 14.1. The van der Waals surface area contributed by atoms with E-state index >= 15 is 0 Å². The van der Waals surface area contributed by atoms with E-state index < -0.39 is 0 Å². The van der Waals surface area contributed by atoms with E-state index in [9.17, 15) is 0 Å². The van der Waals surface area contributed by atoms with Crippen molar-refractivity contribution >= 4 is 0 Å². The Morgan fingerprint density at radius 3 is 2.30 bits per heavy atom. The molecule has 0 aromatic rings. The van der Waals surface area contributed by atoms with Crippen molar-refractivity contribution in [3.63, 3.8) is 0 Å². The molecule has 1 fully saturated rings. The summed E-state index contributed by atoms with van der Waals surface area (Å²) in [5.41, 5.74) is 0. The number of rotatable bonds is 8. The zero-order valence-electron chi connectivity index (χ0n) is 14.1. The molecule has 2 heteroatoms. The number of allylic oxidation sites excluding steroid dienone is 2. The molecule has 2 nitrogen and oxygen atoms in total. The number of hydrogen-bond donors (Lipinski definition) is 1. The summed E-state index contributed by atoms with van der Waals surface area (Å²) in [6, 6.07) is 1.33. The molecule has 5 unspecified atom stereocenters. The van der Waals surface area contributed by atoms with Gasteiger partial charge in [-0.1, -0.05) is 38.8 Å². The largest absolute Gasteiger partial charge is 0.312 e. The third kappa shape index (κ3) is 3.46. The quantitative estimate of drug-likeness (QED) is 0.683. The molecule has 20 heavy (non-hydrogen) atoms. The normalized spacial score (nSPS) is 31.4. The lowest BCUT2D eigenvalue weighted by Gasteiger charge is -2.34. The van der Waals surface area contributed by atoms with Crippen molar-refractivity contribution in [2.45, 2.75) is 58.5 Å². The van der Waals surface area contributed by atoms with Crippen molar-refractivity contribution in [3.8, 4) is 0 Å². The van der Waals surface area contributed by atoms with Gasteiger partial charge in [-0.3, -0.25) is 0 Å². The standard InChI is InChI=1S/C18H34N2/c1-6-15(7-2)18(20(4)5)12-19-13(3)17-11-14-8-9-16(17)10-14/h8-9,13-19H,6-7,10-12H2,1-5H3. The fourth-order valence-corrected chi connectivity index (χ4v) is 4.46. The molecule has 116 valence electrons. The fourth-order valence-electron chi connectivity index (χ4n) is 4.46. The SMILES string of the molecule is CCC(CC)C(CNC(C)C1CC2C=CC1C2)N(C)C. The van der Waals surface area contributed by atoms with Gasteiger partial charge in [-0.2, -0.15) is 0 Å². The summed E-state index contributed by atoms with van der Waals surface area (Å²) < 4.78 is 0. The van der Waals surface area contributed by atoms with Crippen LogP contribution in [-0.2, 0) is 0 Å². The third-order valence-corrected chi connectivity index (χ3v) is 5.88. The van der Waals surface area contributed by atoms with Crippen LogP contribution < -0.4 is 5.32 Å². The monoisotopic (exact) mass is 278 g/mol. The topological polar surface area (TPSA) is 15.3 Å². The van der Waals surface area contributed by atoms with Crippen molar-refractivity contribution in [2.24, 2.45) is 23.7 Å². The van der Waals surface area contributed by atoms with Crippen molar-refractivity contribution < 1.29 is 0 Å². The minimum Gasteiger partial charge on any atom is -0.312 e. The molecule has 0 heterocycles. The highest BCUT2D eigenvalue weighted by Gasteiger charge is 2.38. The van der Waals surface area contributed by atoms with Crippen LogP contribution in [0.2, 0.25) is 0 Å². The first kappa shape index (κ1) is 16.0. The Morgan fingerprint density at radius 2 is 1.85 bits per heavy atom. The van der Waals surface area contributed by atoms with E-state index in [0.29, 0.717) is 12.1 Å². The van der Waals surface area contributed by atoms with Crippen LogP contribution in [0, 0.1) is 23.7 Å². The molecule has 2 bridgehead atoms. The smallest absolute Gasteiger partial charge is 0.0242 e. The number of nitrogens with one attached hydrogen (secondary N) is 1. The van der Waals surface area contributed by atoms with Gasteiger partial charge in [0.1, 0.15) is 0 Å². The molecular formula is C18H34N2. The number of nitrogens with zero attached hydrogens (tertiary/aromatic N) is 1. The zero-order chi connectivity index (χ0) is 14.7. The predicted molar refractivity (Wildman–Crippen MR) is 87.9 cm³/mol. The van der Waals surface area contributed by atoms with Gasteiger partial charge < -0.3 is 10.2 Å². The van der Waals surface area contributed by atoms with Gasteiger partial charge in [0.25, 0.3) is 0 Å². The van der Waals surface area contributed by atoms with Gasteiger partial charge in [-0.15, -0.1) is 0 Å². The highest BCUT2D eigenvalue weighted by Crippen LogP contribution is 2.44. The molecule has 0 saturated heterocycles. The van der Waals surface area contributed by atoms with Crippen LogP contribution in [0.1, 0.15) is 46.5 Å². The molecule has 0 spiro atoms. The second kappa shape index (κ2) is 7.09. The third-order valence-electron chi connectivity index (χ3n) is 5.88. The van der Waals surface area contributed by atoms with Crippen LogP contribution in [0.25, 0.3) is 0 Å². The first-order valence-electron chi connectivity index (χ1n) is 8.64. The van der Waals surface area contributed by atoms with Crippen molar-refractivity contribution in [2.75, 3.05) is 20.6 Å². The maximum absolute atomic E-state index is 3.86. The molecule has 0 aromatic carbocycles. The van der Waals surface area contributed by atoms with Gasteiger partial charge >= 0.3 is 0 Å². The first-order valence-corrected chi connectivity index (χ1v) is 8.64. The molecule has 1 N–H and O–H groups in total. The van der Waals surface area contributed by atoms with E-state index in [1.807, 2.05) is 0 Å². The van der Waals surface area contributed by atoms with Gasteiger partial charge in [0, 0.05) is 18.6 Å². The lowest BCUT2D eigenvalue weighted by atomic mass is 9.87. The van der Waals surface area contributed by atoms with Crippen molar-refractivity contribution in [1.29, 1.82) is 0 Å². The van der Waals surface area contributed by atoms with Crippen LogP contribution in [0.4, 0.5) is 0 Å². The summed E-state index contributed by atoms with van der Waals surface area (Å²) in [7, 11) is 4.46. The lowest BCUT2D eigenvalue weighted by Crippen LogP contribution is -2.47. The van der Waals surface area contributed by atoms with Crippen LogP contribution in [0.3, 0.4) is 0 Å². The maximum Gasteiger partial charge on any atom is 0.0242 e. The molecule has 2 rings (SSSR count).